The second kappa shape index (κ2) is 14.2. The van der Waals surface area contributed by atoms with E-state index in [9.17, 15) is 22.8 Å². The number of carbonyl (C=O) groups excluding carboxylic acids is 1. The topological polar surface area (TPSA) is 117 Å². The van der Waals surface area contributed by atoms with E-state index in [1.165, 1.54) is 0 Å². The molecule has 1 fully saturated rings. The van der Waals surface area contributed by atoms with Crippen LogP contribution in [0.3, 0.4) is 0 Å². The highest BCUT2D eigenvalue weighted by Gasteiger charge is 2.38. The largest absolute Gasteiger partial charge is 0.490 e. The number of aromatic nitrogens is 3. The number of halogens is 4. The number of aliphatic carboxylic acids is 1. The Morgan fingerprint density at radius 2 is 1.88 bits per heavy atom. The van der Waals surface area contributed by atoms with Crippen LogP contribution in [0, 0.1) is 0 Å². The van der Waals surface area contributed by atoms with Gasteiger partial charge in [-0.25, -0.2) is 9.48 Å². The zero-order valence-electron chi connectivity index (χ0n) is 22.0. The maximum absolute atomic E-state index is 13.2. The predicted octanol–water partition coefficient (Wildman–Crippen LogP) is 4.05. The van der Waals surface area contributed by atoms with Gasteiger partial charge < -0.3 is 10.4 Å². The highest BCUT2D eigenvalue weighted by molar-refractivity contribution is 6.30. The number of amides is 1. The summed E-state index contributed by atoms with van der Waals surface area (Å²) in [4.78, 5) is 40.7. The number of alkyl halides is 3. The average Bonchev–Trinajstić information content (AvgIpc) is 3.36. The van der Waals surface area contributed by atoms with Gasteiger partial charge in [0.05, 0.1) is 17.6 Å². The van der Waals surface area contributed by atoms with Gasteiger partial charge in [-0.1, -0.05) is 30.7 Å². The molecule has 40 heavy (non-hydrogen) atoms. The van der Waals surface area contributed by atoms with Gasteiger partial charge in [-0.2, -0.15) is 18.3 Å². The molecule has 2 aromatic heterocycles. The molecule has 1 saturated heterocycles. The third-order valence-corrected chi connectivity index (χ3v) is 6.70. The summed E-state index contributed by atoms with van der Waals surface area (Å²) in [5.74, 6) is -2.67. The van der Waals surface area contributed by atoms with Gasteiger partial charge in [0.25, 0.3) is 5.56 Å². The molecule has 3 aromatic rings. The minimum absolute atomic E-state index is 0.0845. The number of fused-ring (bicyclic) bond motifs is 1. The maximum atomic E-state index is 13.2. The summed E-state index contributed by atoms with van der Waals surface area (Å²) in [5, 5.41) is 16.9. The number of hydrogen-bond donors (Lipinski definition) is 2. The second-order valence-corrected chi connectivity index (χ2v) is 9.83. The van der Waals surface area contributed by atoms with Crippen LogP contribution >= 0.6 is 11.6 Å². The minimum atomic E-state index is -5.08. The molecule has 0 saturated carbocycles. The first-order chi connectivity index (χ1) is 19.0. The first-order valence-corrected chi connectivity index (χ1v) is 13.3. The Kier molecular flexibility index (Phi) is 11.0. The van der Waals surface area contributed by atoms with Crippen LogP contribution in [0.15, 0.2) is 47.5 Å². The summed E-state index contributed by atoms with van der Waals surface area (Å²) < 4.78 is 33.3. The van der Waals surface area contributed by atoms with Crippen LogP contribution in [0.2, 0.25) is 5.02 Å². The molecule has 0 spiro atoms. The number of benzene rings is 1. The van der Waals surface area contributed by atoms with Crippen LogP contribution in [0.5, 0.6) is 0 Å². The van der Waals surface area contributed by atoms with Crippen molar-refractivity contribution in [1.82, 2.24) is 25.0 Å². The molecule has 2 N–H and O–H groups in total. The summed E-state index contributed by atoms with van der Waals surface area (Å²) in [6.45, 7) is 4.91. The van der Waals surface area contributed by atoms with Gasteiger partial charge in [0.15, 0.2) is 0 Å². The fourth-order valence-corrected chi connectivity index (χ4v) is 4.56. The fourth-order valence-electron chi connectivity index (χ4n) is 4.44. The van der Waals surface area contributed by atoms with Crippen molar-refractivity contribution in [2.45, 2.75) is 57.8 Å². The third kappa shape index (κ3) is 8.75. The summed E-state index contributed by atoms with van der Waals surface area (Å²) in [7, 11) is 0. The van der Waals surface area contributed by atoms with Gasteiger partial charge in [-0.3, -0.25) is 19.5 Å². The molecule has 13 heteroatoms. The first kappa shape index (κ1) is 31.0. The summed E-state index contributed by atoms with van der Waals surface area (Å²) in [5.41, 5.74) is 1.80. The van der Waals surface area contributed by atoms with Crippen molar-refractivity contribution in [3.05, 3.63) is 69.4 Å². The molecule has 0 aliphatic carbocycles. The lowest BCUT2D eigenvalue weighted by Crippen LogP contribution is -2.39. The van der Waals surface area contributed by atoms with E-state index in [0.717, 1.165) is 42.5 Å². The lowest BCUT2D eigenvalue weighted by atomic mass is 10.1. The highest BCUT2D eigenvalue weighted by Crippen LogP contribution is 2.21. The smallest absolute Gasteiger partial charge is 0.475 e. The van der Waals surface area contributed by atoms with E-state index < -0.39 is 12.1 Å². The monoisotopic (exact) mass is 581 g/mol. The maximum Gasteiger partial charge on any atom is 0.490 e. The molecule has 0 radical (unpaired) electrons. The molecule has 1 aromatic carbocycles. The molecule has 0 unspecified atom stereocenters. The van der Waals surface area contributed by atoms with Crippen LogP contribution in [-0.2, 0) is 22.6 Å². The molecule has 216 valence electrons. The van der Waals surface area contributed by atoms with Crippen molar-refractivity contribution in [3.63, 3.8) is 0 Å². The van der Waals surface area contributed by atoms with Gasteiger partial charge >= 0.3 is 12.1 Å². The summed E-state index contributed by atoms with van der Waals surface area (Å²) in [6.07, 6.45) is 2.34. The van der Waals surface area contributed by atoms with Crippen LogP contribution in [0.4, 0.5) is 13.2 Å². The normalized spacial score (nSPS) is 15.5. The van der Waals surface area contributed by atoms with Crippen molar-refractivity contribution in [2.75, 3.05) is 19.6 Å². The second-order valence-electron chi connectivity index (χ2n) is 9.39. The van der Waals surface area contributed by atoms with Gasteiger partial charge in [-0.15, -0.1) is 0 Å². The Hall–Kier alpha value is -3.51. The van der Waals surface area contributed by atoms with Gasteiger partial charge in [-0.05, 0) is 49.6 Å². The van der Waals surface area contributed by atoms with Crippen molar-refractivity contribution in [1.29, 1.82) is 0 Å². The van der Waals surface area contributed by atoms with Crippen LogP contribution < -0.4 is 10.9 Å². The number of hydrogen-bond acceptors (Lipinski definition) is 6. The number of carbonyl (C=O) groups is 2. The van der Waals surface area contributed by atoms with E-state index in [-0.39, 0.29) is 17.5 Å². The van der Waals surface area contributed by atoms with Gasteiger partial charge in [0.1, 0.15) is 0 Å². The molecule has 1 aliphatic rings. The van der Waals surface area contributed by atoms with Gasteiger partial charge in [0.2, 0.25) is 5.91 Å². The molecule has 0 bridgehead atoms. The average molecular weight is 582 g/mol. The number of carboxylic acids is 1. The SMILES string of the molecule is CCCNC(=O)CCN1CCC[C@@H]1Cn1nc(Cc2ccc(Cl)cc2)c2cnccc2c1=O.O=C(O)C(F)(F)F. The van der Waals surface area contributed by atoms with Crippen molar-refractivity contribution < 1.29 is 27.9 Å². The molecule has 4 rings (SSSR count). The molecule has 1 amide bonds. The summed E-state index contributed by atoms with van der Waals surface area (Å²) in [6, 6.07) is 9.64. The zero-order valence-corrected chi connectivity index (χ0v) is 22.7. The Labute approximate surface area is 234 Å². The van der Waals surface area contributed by atoms with E-state index in [0.29, 0.717) is 42.9 Å². The van der Waals surface area contributed by atoms with Crippen LogP contribution in [-0.4, -0.2) is 68.5 Å². The van der Waals surface area contributed by atoms with Crippen LogP contribution in [0.25, 0.3) is 10.8 Å². The molecule has 1 aliphatic heterocycles. The first-order valence-electron chi connectivity index (χ1n) is 12.9. The van der Waals surface area contributed by atoms with Crippen molar-refractivity contribution >= 4 is 34.2 Å². The number of likely N-dealkylation sites (tertiary alicyclic amines) is 1. The zero-order chi connectivity index (χ0) is 29.3. The third-order valence-electron chi connectivity index (χ3n) is 6.45. The number of pyridine rings is 1. The predicted molar refractivity (Wildman–Crippen MR) is 144 cm³/mol. The van der Waals surface area contributed by atoms with E-state index in [1.807, 2.05) is 31.2 Å². The van der Waals surface area contributed by atoms with E-state index in [2.05, 4.69) is 15.2 Å². The Morgan fingerprint density at radius 3 is 2.52 bits per heavy atom. The quantitative estimate of drug-likeness (QED) is 0.391. The van der Waals surface area contributed by atoms with E-state index in [4.69, 9.17) is 26.6 Å². The molecule has 9 nitrogen and oxygen atoms in total. The number of nitrogens with zero attached hydrogens (tertiary/aromatic N) is 4. The lowest BCUT2D eigenvalue weighted by Gasteiger charge is -2.24. The number of carboxylic acid groups (broad SMARTS) is 1. The lowest BCUT2D eigenvalue weighted by molar-refractivity contribution is -0.192. The fraction of sp³-hybridized carbons (Fsp3) is 0.444. The number of rotatable bonds is 9. The number of nitrogens with one attached hydrogen (secondary N) is 1. The molecular weight excluding hydrogens is 551 g/mol. The van der Waals surface area contributed by atoms with E-state index >= 15 is 0 Å². The van der Waals surface area contributed by atoms with Gasteiger partial charge in [0, 0.05) is 54.8 Å². The minimum Gasteiger partial charge on any atom is -0.475 e. The molecule has 1 atom stereocenters. The Morgan fingerprint density at radius 1 is 1.18 bits per heavy atom. The molecular formula is C27H31ClF3N5O4. The molecule has 3 heterocycles. The standard InChI is InChI=1S/C25H30ClN5O2.C2HF3O2/c1-2-11-28-24(32)10-14-30-13-3-4-20(30)17-31-25(33)21-9-12-27-16-22(21)23(29-31)15-18-5-7-19(26)8-6-18;3-2(4,5)1(6)7/h5-9,12,16,20H,2-4,10-11,13-15,17H2,1H3,(H,28,32);(H,6,7)/t20-;/m1./s1. The highest BCUT2D eigenvalue weighted by atomic mass is 35.5. The Bertz CT molecular complexity index is 1370. The summed E-state index contributed by atoms with van der Waals surface area (Å²) >= 11 is 6.03. The van der Waals surface area contributed by atoms with Crippen molar-refractivity contribution in [2.24, 2.45) is 0 Å². The van der Waals surface area contributed by atoms with Crippen LogP contribution in [0.1, 0.15) is 43.9 Å². The Balaban J connectivity index is 0.000000559. The van der Waals surface area contributed by atoms with E-state index in [1.54, 1.807) is 23.1 Å². The van der Waals surface area contributed by atoms with Crippen molar-refractivity contribution in [3.8, 4) is 0 Å².